The van der Waals surface area contributed by atoms with Crippen LogP contribution in [0.3, 0.4) is 0 Å². The molecule has 0 amide bonds. The topological polar surface area (TPSA) is 57.9 Å². The van der Waals surface area contributed by atoms with Gasteiger partial charge in [0.15, 0.2) is 0 Å². The molecule has 0 spiro atoms. The van der Waals surface area contributed by atoms with Gasteiger partial charge in [-0.25, -0.2) is 4.79 Å². The lowest BCUT2D eigenvalue weighted by molar-refractivity contribution is 0.413. The lowest BCUT2D eigenvalue weighted by Crippen LogP contribution is -2.29. The van der Waals surface area contributed by atoms with Crippen molar-refractivity contribution in [2.24, 2.45) is 0 Å². The lowest BCUT2D eigenvalue weighted by atomic mass is 10.0. The van der Waals surface area contributed by atoms with E-state index in [9.17, 15) is 4.79 Å². The summed E-state index contributed by atoms with van der Waals surface area (Å²) in [6.45, 7) is 14.6. The average Bonchev–Trinajstić information content (AvgIpc) is 2.50. The highest BCUT2D eigenvalue weighted by atomic mass is 28.4. The summed E-state index contributed by atoms with van der Waals surface area (Å²) < 4.78 is 23.5. The van der Waals surface area contributed by atoms with Gasteiger partial charge in [-0.05, 0) is 63.9 Å². The second-order valence-electron chi connectivity index (χ2n) is 8.98. The molecule has 7 heteroatoms. The molecule has 3 aromatic rings. The largest absolute Gasteiger partial charge is 0.544 e. The molecule has 0 saturated heterocycles. The highest BCUT2D eigenvalue weighted by molar-refractivity contribution is 6.70. The number of hydrogen-bond donors (Lipinski definition) is 0. The van der Waals surface area contributed by atoms with Crippen LogP contribution in [0.25, 0.3) is 21.7 Å². The van der Waals surface area contributed by atoms with Gasteiger partial charge in [-0.15, -0.1) is 0 Å². The Bertz CT molecular complexity index is 1100. The van der Waals surface area contributed by atoms with Crippen LogP contribution in [0.4, 0.5) is 0 Å². The first kappa shape index (κ1) is 20.5. The number of ether oxygens (including phenoxy) is 1. The number of fused-ring (bicyclic) bond motifs is 3. The van der Waals surface area contributed by atoms with E-state index >= 15 is 0 Å². The molecule has 150 valence electrons. The summed E-state index contributed by atoms with van der Waals surface area (Å²) in [6.07, 6.45) is 0. The quantitative estimate of drug-likeness (QED) is 0.304. The summed E-state index contributed by atoms with van der Waals surface area (Å²) in [5, 5.41) is 2.10. The van der Waals surface area contributed by atoms with Crippen LogP contribution in [0.5, 0.6) is 17.2 Å². The summed E-state index contributed by atoms with van der Waals surface area (Å²) >= 11 is 0. The highest BCUT2D eigenvalue weighted by Gasteiger charge is 2.23. The summed E-state index contributed by atoms with van der Waals surface area (Å²) in [4.78, 5) is 12.9. The zero-order valence-corrected chi connectivity index (χ0v) is 19.9. The molecule has 0 aliphatic carbocycles. The van der Waals surface area contributed by atoms with Crippen molar-refractivity contribution in [3.05, 3.63) is 40.2 Å². The standard InChI is InChI=1S/C21H28O5Si2/c1-13-9-15(25-27(3,4)5)12-17-19(13)16-10-14(23-2)11-18(26-28(6,7)8)20(16)21(22)24-17/h9-12H,1-8H3. The van der Waals surface area contributed by atoms with Crippen LogP contribution in [0.15, 0.2) is 33.5 Å². The van der Waals surface area contributed by atoms with E-state index in [0.29, 0.717) is 22.5 Å². The van der Waals surface area contributed by atoms with Gasteiger partial charge in [0.25, 0.3) is 0 Å². The number of rotatable bonds is 5. The number of methoxy groups -OCH3 is 1. The van der Waals surface area contributed by atoms with Crippen molar-refractivity contribution in [2.45, 2.75) is 46.2 Å². The summed E-state index contributed by atoms with van der Waals surface area (Å²) in [7, 11) is -2.11. The molecular weight excluding hydrogens is 388 g/mol. The van der Waals surface area contributed by atoms with Gasteiger partial charge < -0.3 is 18.0 Å². The van der Waals surface area contributed by atoms with Crippen LogP contribution >= 0.6 is 0 Å². The predicted octanol–water partition coefficient (Wildman–Crippen LogP) is 5.69. The lowest BCUT2D eigenvalue weighted by Gasteiger charge is -2.22. The fraction of sp³-hybridized carbons (Fsp3) is 0.381. The smallest absolute Gasteiger partial charge is 0.347 e. The van der Waals surface area contributed by atoms with E-state index in [0.717, 1.165) is 22.1 Å². The fourth-order valence-corrected chi connectivity index (χ4v) is 4.88. The third-order valence-electron chi connectivity index (χ3n) is 4.10. The summed E-state index contributed by atoms with van der Waals surface area (Å²) in [5.74, 6) is 1.90. The Morgan fingerprint density at radius 2 is 1.46 bits per heavy atom. The Balaban J connectivity index is 2.37. The van der Waals surface area contributed by atoms with Gasteiger partial charge >= 0.3 is 5.63 Å². The normalized spacial score (nSPS) is 12.4. The molecule has 1 heterocycles. The minimum absolute atomic E-state index is 0.414. The van der Waals surface area contributed by atoms with Gasteiger partial charge in [0.2, 0.25) is 16.6 Å². The van der Waals surface area contributed by atoms with Crippen molar-refractivity contribution >= 4 is 38.4 Å². The second kappa shape index (κ2) is 6.97. The molecule has 0 aliphatic rings. The molecule has 0 aliphatic heterocycles. The van der Waals surface area contributed by atoms with Crippen LogP contribution in [-0.4, -0.2) is 23.7 Å². The maximum absolute atomic E-state index is 12.9. The van der Waals surface area contributed by atoms with Gasteiger partial charge in [0.1, 0.15) is 28.2 Å². The molecule has 0 fully saturated rings. The maximum atomic E-state index is 12.9. The Hall–Kier alpha value is -2.26. The van der Waals surface area contributed by atoms with E-state index in [4.69, 9.17) is 18.0 Å². The maximum Gasteiger partial charge on any atom is 0.347 e. The van der Waals surface area contributed by atoms with E-state index in [-0.39, 0.29) is 0 Å². The fourth-order valence-electron chi connectivity index (χ4n) is 3.24. The molecule has 0 saturated carbocycles. The number of hydrogen-bond acceptors (Lipinski definition) is 5. The second-order valence-corrected chi connectivity index (χ2v) is 17.8. The van der Waals surface area contributed by atoms with Crippen LogP contribution in [0, 0.1) is 6.92 Å². The summed E-state index contributed by atoms with van der Waals surface area (Å²) in [6, 6.07) is 7.44. The molecule has 2 aromatic carbocycles. The first-order chi connectivity index (χ1) is 12.9. The summed E-state index contributed by atoms with van der Waals surface area (Å²) in [5.41, 5.74) is 1.08. The first-order valence-electron chi connectivity index (χ1n) is 9.35. The minimum atomic E-state index is -1.94. The molecule has 1 aromatic heterocycles. The van der Waals surface area contributed by atoms with Crippen molar-refractivity contribution in [3.63, 3.8) is 0 Å². The van der Waals surface area contributed by atoms with Gasteiger partial charge in [0, 0.05) is 22.9 Å². The van der Waals surface area contributed by atoms with Crippen LogP contribution < -0.4 is 19.2 Å². The molecular formula is C21H28O5Si2. The van der Waals surface area contributed by atoms with E-state index in [1.54, 1.807) is 19.2 Å². The van der Waals surface area contributed by atoms with E-state index < -0.39 is 22.3 Å². The monoisotopic (exact) mass is 416 g/mol. The van der Waals surface area contributed by atoms with E-state index in [1.165, 1.54) is 0 Å². The molecule has 5 nitrogen and oxygen atoms in total. The average molecular weight is 417 g/mol. The van der Waals surface area contributed by atoms with Gasteiger partial charge in [0.05, 0.1) is 7.11 Å². The van der Waals surface area contributed by atoms with Gasteiger partial charge in [-0.2, -0.15) is 0 Å². The number of aryl methyl sites for hydroxylation is 1. The Morgan fingerprint density at radius 1 is 0.821 bits per heavy atom. The molecule has 0 radical (unpaired) electrons. The van der Waals surface area contributed by atoms with Crippen molar-refractivity contribution < 1.29 is 18.0 Å². The zero-order chi connectivity index (χ0) is 20.9. The molecule has 0 N–H and O–H groups in total. The first-order valence-corrected chi connectivity index (χ1v) is 16.2. The van der Waals surface area contributed by atoms with Crippen molar-refractivity contribution in [2.75, 3.05) is 7.11 Å². The molecule has 0 bridgehead atoms. The molecule has 0 unspecified atom stereocenters. The van der Waals surface area contributed by atoms with E-state index in [1.807, 2.05) is 19.1 Å². The third-order valence-corrected chi connectivity index (χ3v) is 5.78. The Labute approximate surface area is 167 Å². The van der Waals surface area contributed by atoms with Gasteiger partial charge in [-0.3, -0.25) is 0 Å². The van der Waals surface area contributed by atoms with Crippen molar-refractivity contribution in [3.8, 4) is 17.2 Å². The molecule has 0 atom stereocenters. The third kappa shape index (κ3) is 4.25. The Kier molecular flexibility index (Phi) is 5.10. The van der Waals surface area contributed by atoms with E-state index in [2.05, 4.69) is 39.3 Å². The van der Waals surface area contributed by atoms with Gasteiger partial charge in [-0.1, -0.05) is 0 Å². The van der Waals surface area contributed by atoms with Crippen LogP contribution in [0.1, 0.15) is 5.56 Å². The van der Waals surface area contributed by atoms with Crippen molar-refractivity contribution in [1.82, 2.24) is 0 Å². The highest BCUT2D eigenvalue weighted by Crippen LogP contribution is 2.37. The van der Waals surface area contributed by atoms with Crippen LogP contribution in [-0.2, 0) is 0 Å². The predicted molar refractivity (Wildman–Crippen MR) is 119 cm³/mol. The molecule has 3 rings (SSSR count). The van der Waals surface area contributed by atoms with Crippen LogP contribution in [0.2, 0.25) is 39.3 Å². The SMILES string of the molecule is COc1cc(O[Si](C)(C)C)c2c(=O)oc3cc(O[Si](C)(C)C)cc(C)c3c2c1. The molecule has 28 heavy (non-hydrogen) atoms. The van der Waals surface area contributed by atoms with Crippen molar-refractivity contribution in [1.29, 1.82) is 0 Å². The zero-order valence-electron chi connectivity index (χ0n) is 17.9. The Morgan fingerprint density at radius 3 is 2.04 bits per heavy atom. The number of benzene rings is 2. The minimum Gasteiger partial charge on any atom is -0.544 e.